The third kappa shape index (κ3) is 16.1. The van der Waals surface area contributed by atoms with Crippen LogP contribution in [0.25, 0.3) is 16.7 Å². The van der Waals surface area contributed by atoms with Gasteiger partial charge in [-0.1, -0.05) is 18.7 Å². The van der Waals surface area contributed by atoms with Crippen molar-refractivity contribution >= 4 is 63.3 Å². The first-order valence-electron chi connectivity index (χ1n) is 29.8. The highest BCUT2D eigenvalue weighted by molar-refractivity contribution is 8.14. The molecule has 4 amide bonds. The standard InChI is InChI=1S/C62H81F2N11O9S/c1-40(42-11-13-45(63)14-12-42)52-39-85-60(68-52)54-10-7-23-75(54)62(80)57(69-59(78)41(2)66-3)43-17-24-72(25-18-43)56(77)20-27-82-29-31-84-33-32-83-30-28-81-26-19-47(76)8-5-21-73-37-50-44-34-55(58(65)67-36-44)74-22-6-9-53(74)49-35-46(64)15-16-48(49)61(79)71(4)38-51(50)70-73/h11-16,34-37,41,43,52-54,57,66H,1,5-10,17-33,38-39H2,2-4H3,(H2,65,67)(H,69,78)/t41-,52?,53-,54-,57-/m1/s1. The normalized spacial score (nSPS) is 19.6. The van der Waals surface area contributed by atoms with Crippen molar-refractivity contribution in [3.8, 4) is 11.1 Å². The first kappa shape index (κ1) is 62.9. The van der Waals surface area contributed by atoms with Crippen LogP contribution in [0.1, 0.15) is 104 Å². The molecule has 3 fully saturated rings. The number of benzene rings is 2. The number of nitrogens with two attached hydrogens (primary N) is 1. The Bertz CT molecular complexity index is 3030. The highest BCUT2D eigenvalue weighted by atomic mass is 32.2. The molecule has 23 heteroatoms. The van der Waals surface area contributed by atoms with Gasteiger partial charge in [0.15, 0.2) is 0 Å². The van der Waals surface area contributed by atoms with Gasteiger partial charge in [-0.05, 0) is 118 Å². The summed E-state index contributed by atoms with van der Waals surface area (Å²) in [5.74, 6) is -0.388. The van der Waals surface area contributed by atoms with Gasteiger partial charge in [0.25, 0.3) is 5.91 Å². The number of thioether (sulfide) groups is 1. The summed E-state index contributed by atoms with van der Waals surface area (Å²) in [4.78, 5) is 84.7. The summed E-state index contributed by atoms with van der Waals surface area (Å²) in [6.07, 6.45) is 9.35. The van der Waals surface area contributed by atoms with Gasteiger partial charge in [0.1, 0.15) is 29.3 Å². The van der Waals surface area contributed by atoms with Crippen LogP contribution in [0.15, 0.2) is 72.5 Å². The average Bonchev–Trinajstić information content (AvgIpc) is 2.54. The number of Topliss-reactive ketones (excluding diaryl/α,β-unsaturated/α-hetero) is 1. The van der Waals surface area contributed by atoms with Crippen molar-refractivity contribution < 1.29 is 51.7 Å². The first-order chi connectivity index (χ1) is 41.2. The number of piperidine rings is 1. The molecule has 85 heavy (non-hydrogen) atoms. The fraction of sp³-hybridized carbons (Fsp3) is 0.548. The van der Waals surface area contributed by atoms with Crippen molar-refractivity contribution in [3.63, 3.8) is 0 Å². The van der Waals surface area contributed by atoms with Gasteiger partial charge in [-0.25, -0.2) is 13.8 Å². The van der Waals surface area contributed by atoms with E-state index in [1.165, 1.54) is 24.3 Å². The van der Waals surface area contributed by atoms with E-state index < -0.39 is 17.9 Å². The minimum absolute atomic E-state index is 0.0279. The second-order valence-electron chi connectivity index (χ2n) is 22.4. The number of carbonyl (C=O) groups excluding carboxylic acids is 5. The van der Waals surface area contributed by atoms with Crippen LogP contribution in [0.2, 0.25) is 0 Å². The van der Waals surface area contributed by atoms with E-state index >= 15 is 0 Å². The molecule has 5 aliphatic rings. The molecule has 0 radical (unpaired) electrons. The summed E-state index contributed by atoms with van der Waals surface area (Å²) in [6, 6.07) is 10.7. The summed E-state index contributed by atoms with van der Waals surface area (Å²) in [5, 5.41) is 11.8. The molecule has 2 aromatic heterocycles. The molecule has 2 aromatic carbocycles. The second kappa shape index (κ2) is 30.1. The molecule has 4 aromatic rings. The van der Waals surface area contributed by atoms with Crippen molar-refractivity contribution in [2.45, 2.75) is 114 Å². The van der Waals surface area contributed by atoms with Crippen molar-refractivity contribution in [2.24, 2.45) is 10.9 Å². The van der Waals surface area contributed by atoms with Gasteiger partial charge in [-0.2, -0.15) is 5.10 Å². The summed E-state index contributed by atoms with van der Waals surface area (Å²) in [5.41, 5.74) is 12.2. The van der Waals surface area contributed by atoms with Crippen LogP contribution in [0.5, 0.6) is 0 Å². The van der Waals surface area contributed by atoms with Crippen LogP contribution in [-0.4, -0.2) is 187 Å². The molecule has 5 atom stereocenters. The number of carbonyl (C=O) groups is 5. The number of likely N-dealkylation sites (tertiary alicyclic amines) is 2. The number of ketones is 1. The lowest BCUT2D eigenvalue weighted by Crippen LogP contribution is -2.58. The van der Waals surface area contributed by atoms with Gasteiger partial charge < -0.3 is 54.9 Å². The molecular formula is C62H81F2N11O9S. The zero-order valence-electron chi connectivity index (χ0n) is 49.1. The number of aromatic nitrogens is 3. The van der Waals surface area contributed by atoms with Gasteiger partial charge >= 0.3 is 0 Å². The number of hydrogen-bond acceptors (Lipinski definition) is 16. The number of aliphatic imine (C=N–C) groups is 1. The van der Waals surface area contributed by atoms with E-state index in [9.17, 15) is 32.8 Å². The SMILES string of the molecule is C=C(c1ccc(F)cc1)C1CSC([C@H]2CCCN2C(=O)[C@H](NC(=O)[C@@H](C)NC)C2CCN(C(=O)CCOCCOCCOCCOCCC(=O)CCCn3cc4c(n3)CN(C)C(=O)c3ccc(F)cc3[C@H]3CCCN3c3cc-4cnc3N)CC2)=N1. The smallest absolute Gasteiger partial charge is 0.254 e. The second-order valence-corrected chi connectivity index (χ2v) is 23.5. The largest absolute Gasteiger partial charge is 0.382 e. The van der Waals surface area contributed by atoms with Crippen molar-refractivity contribution in [1.29, 1.82) is 0 Å². The molecular weight excluding hydrogens is 1110 g/mol. The predicted molar refractivity (Wildman–Crippen MR) is 322 cm³/mol. The number of rotatable bonds is 27. The summed E-state index contributed by atoms with van der Waals surface area (Å²) in [6.45, 7) is 11.5. The van der Waals surface area contributed by atoms with Crippen LogP contribution in [0, 0.1) is 17.6 Å². The number of hydrogen-bond donors (Lipinski definition) is 3. The minimum Gasteiger partial charge on any atom is -0.382 e. The molecule has 3 saturated heterocycles. The van der Waals surface area contributed by atoms with Crippen LogP contribution < -0.4 is 21.3 Å². The summed E-state index contributed by atoms with van der Waals surface area (Å²) >= 11 is 1.62. The van der Waals surface area contributed by atoms with Gasteiger partial charge in [0.2, 0.25) is 17.7 Å². The Morgan fingerprint density at radius 2 is 1.49 bits per heavy atom. The predicted octanol–water partition coefficient (Wildman–Crippen LogP) is 6.48. The number of halogens is 2. The molecule has 0 aliphatic carbocycles. The third-order valence-electron chi connectivity index (χ3n) is 16.8. The number of ether oxygens (including phenoxy) is 4. The van der Waals surface area contributed by atoms with Crippen LogP contribution in [0.3, 0.4) is 0 Å². The number of pyridine rings is 1. The molecule has 4 N–H and O–H groups in total. The fourth-order valence-corrected chi connectivity index (χ4v) is 13.1. The summed E-state index contributed by atoms with van der Waals surface area (Å²) < 4.78 is 52.7. The zero-order chi connectivity index (χ0) is 60.0. The van der Waals surface area contributed by atoms with E-state index in [1.54, 1.807) is 71.7 Å². The Balaban J connectivity index is 0.621. The molecule has 20 nitrogen and oxygen atoms in total. The lowest BCUT2D eigenvalue weighted by Gasteiger charge is -2.38. The van der Waals surface area contributed by atoms with Crippen LogP contribution in [-0.2, 0) is 51.2 Å². The number of nitrogens with zero attached hydrogens (tertiary/aromatic N) is 8. The number of aryl methyl sites for hydroxylation is 1. The molecule has 2 bridgehead atoms. The molecule has 1 unspecified atom stereocenters. The Labute approximate surface area is 500 Å². The Hall–Kier alpha value is -6.63. The van der Waals surface area contributed by atoms with Gasteiger partial charge in [-0.15, -0.1) is 11.8 Å². The highest BCUT2D eigenvalue weighted by Crippen LogP contribution is 2.42. The maximum absolute atomic E-state index is 14.7. The van der Waals surface area contributed by atoms with E-state index in [1.807, 2.05) is 17.2 Å². The van der Waals surface area contributed by atoms with E-state index in [-0.39, 0.29) is 91.9 Å². The minimum atomic E-state index is -0.749. The van der Waals surface area contributed by atoms with Crippen molar-refractivity contribution in [2.75, 3.05) is 110 Å². The summed E-state index contributed by atoms with van der Waals surface area (Å²) in [7, 11) is 3.42. The lowest BCUT2D eigenvalue weighted by atomic mass is 9.88. The maximum Gasteiger partial charge on any atom is 0.254 e. The molecule has 5 aliphatic heterocycles. The molecule has 7 heterocycles. The quantitative estimate of drug-likeness (QED) is 0.0543. The monoisotopic (exact) mass is 1190 g/mol. The van der Waals surface area contributed by atoms with Crippen molar-refractivity contribution in [1.82, 2.24) is 40.1 Å². The van der Waals surface area contributed by atoms with E-state index in [2.05, 4.69) is 27.1 Å². The van der Waals surface area contributed by atoms with E-state index in [0.717, 1.165) is 58.7 Å². The van der Waals surface area contributed by atoms with Crippen molar-refractivity contribution in [3.05, 3.63) is 102 Å². The topological polar surface area (TPSA) is 228 Å². The molecule has 458 valence electrons. The molecule has 0 saturated carbocycles. The lowest BCUT2D eigenvalue weighted by molar-refractivity contribution is -0.140. The van der Waals surface area contributed by atoms with Gasteiger partial charge in [0.05, 0.1) is 106 Å². The number of likely N-dealkylation sites (N-methyl/N-ethyl adjacent to an activating group) is 1. The van der Waals surface area contributed by atoms with Crippen LogP contribution >= 0.6 is 11.8 Å². The van der Waals surface area contributed by atoms with E-state index in [4.69, 9.17) is 34.8 Å². The van der Waals surface area contributed by atoms with Gasteiger partial charge in [-0.3, -0.25) is 33.6 Å². The third-order valence-corrected chi connectivity index (χ3v) is 17.9. The first-order valence-corrected chi connectivity index (χ1v) is 30.8. The number of fused-ring (bicyclic) bond motifs is 8. The van der Waals surface area contributed by atoms with Crippen LogP contribution in [0.4, 0.5) is 20.3 Å². The highest BCUT2D eigenvalue weighted by Gasteiger charge is 2.43. The molecule has 0 spiro atoms. The fourth-order valence-electron chi connectivity index (χ4n) is 11.8. The Kier molecular flexibility index (Phi) is 22.3. The average molecular weight is 1190 g/mol. The number of nitrogens with one attached hydrogen (secondary N) is 2. The number of anilines is 2. The van der Waals surface area contributed by atoms with Gasteiger partial charge in [0, 0.05) is 87.4 Å². The zero-order valence-corrected chi connectivity index (χ0v) is 49.9. The Morgan fingerprint density at radius 3 is 2.21 bits per heavy atom. The number of nitrogen functional groups attached to an aromatic ring is 1. The maximum atomic E-state index is 14.7. The van der Waals surface area contributed by atoms with E-state index in [0.29, 0.717) is 126 Å². The molecule has 9 rings (SSSR count). The Morgan fingerprint density at radius 1 is 0.824 bits per heavy atom. The number of amides is 4.